The van der Waals surface area contributed by atoms with E-state index in [2.05, 4.69) is 6.07 Å². The molecule has 0 aliphatic carbocycles. The molecule has 0 amide bonds. The molecule has 2 N–H and O–H groups in total. The van der Waals surface area contributed by atoms with Gasteiger partial charge >= 0.3 is 5.97 Å². The van der Waals surface area contributed by atoms with Gasteiger partial charge in [0.15, 0.2) is 11.5 Å². The number of rotatable bonds is 7. The van der Waals surface area contributed by atoms with Gasteiger partial charge in [0, 0.05) is 5.02 Å². The summed E-state index contributed by atoms with van der Waals surface area (Å²) in [6.07, 6.45) is 0. The van der Waals surface area contributed by atoms with E-state index in [1.54, 1.807) is 44.2 Å². The molecule has 1 aliphatic rings. The summed E-state index contributed by atoms with van der Waals surface area (Å²) in [6, 6.07) is 14.5. The lowest BCUT2D eigenvalue weighted by Crippen LogP contribution is -2.25. The van der Waals surface area contributed by atoms with Gasteiger partial charge in [0.2, 0.25) is 5.88 Å². The zero-order valence-corrected chi connectivity index (χ0v) is 18.7. The third kappa shape index (κ3) is 4.82. The maximum absolute atomic E-state index is 12.7. The molecule has 0 saturated carbocycles. The molecule has 0 aromatic heterocycles. The average molecular weight is 455 g/mol. The monoisotopic (exact) mass is 454 g/mol. The molecule has 0 spiro atoms. The number of carbonyl (C=O) groups excluding carboxylic acids is 1. The Labute approximate surface area is 191 Å². The molecule has 166 valence electrons. The number of hydrogen-bond donors (Lipinski definition) is 1. The summed E-state index contributed by atoms with van der Waals surface area (Å²) < 4.78 is 22.1. The van der Waals surface area contributed by atoms with Gasteiger partial charge in [0.05, 0.1) is 25.2 Å². The number of halogens is 1. The Morgan fingerprint density at radius 1 is 1.22 bits per heavy atom. The second kappa shape index (κ2) is 10.1. The SMILES string of the molecule is CCOC(=O)C1=C(C)OC(N)=C(C#N)C1c1ccc(OC)c(OCc2ccc(Cl)cc2)c1. The lowest BCUT2D eigenvalue weighted by Gasteiger charge is -2.27. The number of methoxy groups -OCH3 is 1. The van der Waals surface area contributed by atoms with Gasteiger partial charge in [-0.1, -0.05) is 29.8 Å². The predicted molar refractivity (Wildman–Crippen MR) is 119 cm³/mol. The minimum atomic E-state index is -0.767. The molecule has 1 heterocycles. The Bertz CT molecular complexity index is 1120. The number of carbonyl (C=O) groups is 1. The first-order valence-electron chi connectivity index (χ1n) is 9.90. The van der Waals surface area contributed by atoms with Crippen molar-refractivity contribution in [3.63, 3.8) is 0 Å². The van der Waals surface area contributed by atoms with Crippen LogP contribution in [-0.4, -0.2) is 19.7 Å². The number of nitrogens with zero attached hydrogens (tertiary/aromatic N) is 1. The second-order valence-electron chi connectivity index (χ2n) is 6.94. The van der Waals surface area contributed by atoms with E-state index in [9.17, 15) is 10.1 Å². The van der Waals surface area contributed by atoms with Gasteiger partial charge in [0.25, 0.3) is 0 Å². The summed E-state index contributed by atoms with van der Waals surface area (Å²) in [7, 11) is 1.53. The van der Waals surface area contributed by atoms with Crippen LogP contribution >= 0.6 is 11.6 Å². The van der Waals surface area contributed by atoms with E-state index < -0.39 is 11.9 Å². The highest BCUT2D eigenvalue weighted by atomic mass is 35.5. The van der Waals surface area contributed by atoms with Gasteiger partial charge in [-0.3, -0.25) is 0 Å². The first-order chi connectivity index (χ1) is 15.4. The Morgan fingerprint density at radius 2 is 1.94 bits per heavy atom. The minimum absolute atomic E-state index is 0.0532. The summed E-state index contributed by atoms with van der Waals surface area (Å²) in [5, 5.41) is 10.4. The lowest BCUT2D eigenvalue weighted by molar-refractivity contribution is -0.139. The molecular weight excluding hydrogens is 432 g/mol. The fourth-order valence-electron chi connectivity index (χ4n) is 3.42. The van der Waals surface area contributed by atoms with Crippen molar-refractivity contribution < 1.29 is 23.7 Å². The predicted octanol–water partition coefficient (Wildman–Crippen LogP) is 4.57. The summed E-state index contributed by atoms with van der Waals surface area (Å²) in [5.41, 5.74) is 7.83. The van der Waals surface area contributed by atoms with Gasteiger partial charge in [-0.2, -0.15) is 5.26 Å². The molecule has 1 atom stereocenters. The molecule has 1 unspecified atom stereocenters. The van der Waals surface area contributed by atoms with Crippen LogP contribution in [0.1, 0.15) is 30.9 Å². The third-order valence-electron chi connectivity index (χ3n) is 4.93. The molecule has 8 heteroatoms. The van der Waals surface area contributed by atoms with Crippen LogP contribution in [0.4, 0.5) is 0 Å². The van der Waals surface area contributed by atoms with Crippen molar-refractivity contribution in [3.05, 3.63) is 81.4 Å². The van der Waals surface area contributed by atoms with Crippen molar-refractivity contribution in [2.45, 2.75) is 26.4 Å². The topological polar surface area (TPSA) is 104 Å². The van der Waals surface area contributed by atoms with Crippen LogP contribution in [0.3, 0.4) is 0 Å². The largest absolute Gasteiger partial charge is 0.493 e. The van der Waals surface area contributed by atoms with Gasteiger partial charge in [-0.15, -0.1) is 0 Å². The highest BCUT2D eigenvalue weighted by Gasteiger charge is 2.36. The molecule has 0 saturated heterocycles. The molecule has 0 bridgehead atoms. The number of esters is 1. The molecule has 0 radical (unpaired) electrons. The third-order valence-corrected chi connectivity index (χ3v) is 5.18. The Morgan fingerprint density at radius 3 is 2.56 bits per heavy atom. The first-order valence-corrected chi connectivity index (χ1v) is 10.3. The minimum Gasteiger partial charge on any atom is -0.493 e. The number of hydrogen-bond acceptors (Lipinski definition) is 7. The van der Waals surface area contributed by atoms with Gasteiger partial charge in [-0.05, 0) is 49.2 Å². The fourth-order valence-corrected chi connectivity index (χ4v) is 3.54. The Hall–Kier alpha value is -3.63. The molecule has 2 aromatic rings. The van der Waals surface area contributed by atoms with E-state index in [-0.39, 0.29) is 36.0 Å². The molecular formula is C24H23ClN2O5. The van der Waals surface area contributed by atoms with Gasteiger partial charge < -0.3 is 24.7 Å². The van der Waals surface area contributed by atoms with Crippen LogP contribution in [0.25, 0.3) is 0 Å². The van der Waals surface area contributed by atoms with Crippen molar-refractivity contribution in [1.82, 2.24) is 0 Å². The van der Waals surface area contributed by atoms with Crippen LogP contribution < -0.4 is 15.2 Å². The summed E-state index contributed by atoms with van der Waals surface area (Å²) >= 11 is 5.94. The van der Waals surface area contributed by atoms with Crippen molar-refractivity contribution in [2.24, 2.45) is 5.73 Å². The average Bonchev–Trinajstić information content (AvgIpc) is 2.78. The first kappa shape index (κ1) is 23.0. The van der Waals surface area contributed by atoms with Crippen molar-refractivity contribution in [1.29, 1.82) is 5.26 Å². The Balaban J connectivity index is 2.02. The fraction of sp³-hybridized carbons (Fsp3) is 0.250. The van der Waals surface area contributed by atoms with E-state index >= 15 is 0 Å². The normalized spacial score (nSPS) is 15.7. The summed E-state index contributed by atoms with van der Waals surface area (Å²) in [6.45, 7) is 3.77. The number of nitrogens with two attached hydrogens (primary N) is 1. The van der Waals surface area contributed by atoms with E-state index in [0.717, 1.165) is 5.56 Å². The van der Waals surface area contributed by atoms with Crippen LogP contribution in [-0.2, 0) is 20.9 Å². The molecule has 3 rings (SSSR count). The summed E-state index contributed by atoms with van der Waals surface area (Å²) in [4.78, 5) is 12.7. The smallest absolute Gasteiger partial charge is 0.338 e. The maximum Gasteiger partial charge on any atom is 0.338 e. The standard InChI is InChI=1S/C24H23ClN2O5/c1-4-30-24(28)21-14(2)32-23(27)18(12-26)22(21)16-7-10-19(29-3)20(11-16)31-13-15-5-8-17(25)9-6-15/h5-11,22H,4,13,27H2,1-3H3. The summed E-state index contributed by atoms with van der Waals surface area (Å²) in [5.74, 6) is -0.162. The number of benzene rings is 2. The number of nitriles is 1. The van der Waals surface area contributed by atoms with E-state index in [1.165, 1.54) is 7.11 Å². The quantitative estimate of drug-likeness (QED) is 0.611. The van der Waals surface area contributed by atoms with Gasteiger partial charge in [0.1, 0.15) is 24.0 Å². The maximum atomic E-state index is 12.7. The van der Waals surface area contributed by atoms with Crippen LogP contribution in [0.5, 0.6) is 11.5 Å². The molecule has 0 fully saturated rings. The molecule has 1 aliphatic heterocycles. The lowest BCUT2D eigenvalue weighted by atomic mass is 9.83. The Kier molecular flexibility index (Phi) is 7.29. The van der Waals surface area contributed by atoms with E-state index in [0.29, 0.717) is 22.1 Å². The van der Waals surface area contributed by atoms with E-state index in [1.807, 2.05) is 12.1 Å². The second-order valence-corrected chi connectivity index (χ2v) is 7.38. The van der Waals surface area contributed by atoms with Crippen LogP contribution in [0.2, 0.25) is 5.02 Å². The highest BCUT2D eigenvalue weighted by Crippen LogP contribution is 2.42. The van der Waals surface area contributed by atoms with Crippen molar-refractivity contribution in [3.8, 4) is 17.6 Å². The van der Waals surface area contributed by atoms with Crippen molar-refractivity contribution >= 4 is 17.6 Å². The van der Waals surface area contributed by atoms with Crippen LogP contribution in [0.15, 0.2) is 65.3 Å². The van der Waals surface area contributed by atoms with Gasteiger partial charge in [-0.25, -0.2) is 4.79 Å². The molecule has 7 nitrogen and oxygen atoms in total. The zero-order valence-electron chi connectivity index (χ0n) is 18.0. The highest BCUT2D eigenvalue weighted by molar-refractivity contribution is 6.30. The number of allylic oxidation sites excluding steroid dienone is 2. The van der Waals surface area contributed by atoms with Crippen molar-refractivity contribution in [2.75, 3.05) is 13.7 Å². The number of ether oxygens (including phenoxy) is 4. The molecule has 32 heavy (non-hydrogen) atoms. The molecule has 2 aromatic carbocycles. The zero-order chi connectivity index (χ0) is 23.3. The van der Waals surface area contributed by atoms with Crippen LogP contribution in [0, 0.1) is 11.3 Å². The van der Waals surface area contributed by atoms with E-state index in [4.69, 9.17) is 36.3 Å².